The van der Waals surface area contributed by atoms with E-state index in [1.54, 1.807) is 0 Å². The molecule has 0 fully saturated rings. The van der Waals surface area contributed by atoms with Gasteiger partial charge >= 0.3 is 0 Å². The minimum Gasteiger partial charge on any atom is -0.269 e. The van der Waals surface area contributed by atoms with Gasteiger partial charge in [-0.25, -0.2) is 0 Å². The quantitative estimate of drug-likeness (QED) is 0.615. The lowest BCUT2D eigenvalue weighted by Crippen LogP contribution is -1.20. The second kappa shape index (κ2) is 10.6. The largest absolute Gasteiger partial charge is 0.269 e. The molecule has 0 aliphatic carbocycles. The first-order valence-electron chi connectivity index (χ1n) is 2.16. The molecule has 0 rings (SSSR count). The summed E-state index contributed by atoms with van der Waals surface area (Å²) < 4.78 is 10.5. The van der Waals surface area contributed by atoms with Crippen molar-refractivity contribution in [1.82, 2.24) is 0 Å². The monoisotopic (exact) mass is 304 g/mol. The van der Waals surface area contributed by atoms with Crippen LogP contribution >= 0.6 is 72.8 Å². The standard InChI is InChI=1S/H9OP9/c1-4-10(8-6-3)9-7-5-2/h5-9H,2-3H2. The van der Waals surface area contributed by atoms with E-state index < -0.39 is 0 Å². The molecule has 10 heavy (non-hydrogen) atoms. The molecule has 0 bridgehead atoms. The summed E-state index contributed by atoms with van der Waals surface area (Å²) in [6.07, 6.45) is 0. The maximum atomic E-state index is 10.5. The van der Waals surface area contributed by atoms with Crippen LogP contribution in [0.1, 0.15) is 0 Å². The van der Waals surface area contributed by atoms with Gasteiger partial charge in [0.05, 0.1) is 0 Å². The second-order valence-corrected chi connectivity index (χ2v) is 26.4. The van der Waals surface area contributed by atoms with Gasteiger partial charge in [-0.3, -0.25) is 4.57 Å². The molecular formula is H9OP9. The van der Waals surface area contributed by atoms with Crippen molar-refractivity contribution in [2.24, 2.45) is 0 Å². The van der Waals surface area contributed by atoms with Crippen LogP contribution in [0.4, 0.5) is 0 Å². The summed E-state index contributed by atoms with van der Waals surface area (Å²) in [4.78, 5) is 0. The molecule has 0 aromatic carbocycles. The first kappa shape index (κ1) is 13.5. The van der Waals surface area contributed by atoms with Gasteiger partial charge in [-0.15, -0.1) is 17.9 Å². The maximum absolute atomic E-state index is 10.5. The van der Waals surface area contributed by atoms with E-state index >= 15 is 0 Å². The van der Waals surface area contributed by atoms with Gasteiger partial charge in [0.25, 0.3) is 0 Å². The lowest BCUT2D eigenvalue weighted by Gasteiger charge is -2.05. The fourth-order valence-corrected chi connectivity index (χ4v) is 45.7. The van der Waals surface area contributed by atoms with Crippen LogP contribution < -0.4 is 0 Å². The molecule has 0 saturated carbocycles. The Labute approximate surface area is 77.4 Å². The summed E-state index contributed by atoms with van der Waals surface area (Å²) in [6, 6.07) is 0. The number of hydrogen-bond acceptors (Lipinski definition) is 1. The van der Waals surface area contributed by atoms with E-state index in [4.69, 9.17) is 0 Å². The molecule has 0 aromatic heterocycles. The van der Waals surface area contributed by atoms with Gasteiger partial charge in [-0.05, 0) is 0 Å². The molecule has 0 spiro atoms. The number of rotatable bonds is 6. The molecular weight excluding hydrogens is 295 g/mol. The van der Waals surface area contributed by atoms with Crippen molar-refractivity contribution in [3.05, 3.63) is 0 Å². The summed E-state index contributed by atoms with van der Waals surface area (Å²) in [6.45, 7) is -0.0947. The van der Waals surface area contributed by atoms with Crippen LogP contribution in [0.2, 0.25) is 0 Å². The van der Waals surface area contributed by atoms with Gasteiger partial charge in [0.2, 0.25) is 0 Å². The van der Waals surface area contributed by atoms with Crippen molar-refractivity contribution in [2.75, 3.05) is 0 Å². The van der Waals surface area contributed by atoms with Crippen LogP contribution in [-0.2, 0) is 4.57 Å². The lowest BCUT2D eigenvalue weighted by molar-refractivity contribution is 0.605. The van der Waals surface area contributed by atoms with E-state index in [1.165, 1.54) is 0 Å². The third-order valence-electron chi connectivity index (χ3n) is 0.486. The van der Waals surface area contributed by atoms with Gasteiger partial charge < -0.3 is 0 Å². The Morgan fingerprint density at radius 3 is 2.30 bits per heavy atom. The third kappa shape index (κ3) is 8.15. The van der Waals surface area contributed by atoms with Crippen LogP contribution in [0.5, 0.6) is 0 Å². The Morgan fingerprint density at radius 2 is 1.90 bits per heavy atom. The highest BCUT2D eigenvalue weighted by Gasteiger charge is 2.04. The molecule has 0 aromatic rings. The highest BCUT2D eigenvalue weighted by atomic mass is 33.0. The van der Waals surface area contributed by atoms with Crippen molar-refractivity contribution in [2.45, 2.75) is 0 Å². The summed E-state index contributed by atoms with van der Waals surface area (Å²) in [7, 11) is 10.9. The van der Waals surface area contributed by atoms with Crippen LogP contribution in [0.15, 0.2) is 0 Å². The predicted molar refractivity (Wildman–Crippen MR) is 75.5 cm³/mol. The van der Waals surface area contributed by atoms with Crippen molar-refractivity contribution in [3.63, 3.8) is 0 Å². The first-order valence-corrected chi connectivity index (χ1v) is 18.3. The Morgan fingerprint density at radius 1 is 1.20 bits per heavy atom. The van der Waals surface area contributed by atoms with E-state index in [9.17, 15) is 4.57 Å². The summed E-state index contributed by atoms with van der Waals surface area (Å²) in [5.41, 5.74) is 0. The Balaban J connectivity index is 3.29. The SMILES string of the molecule is O=PP(PPP)PPPP. The predicted octanol–water partition coefficient (Wildman–Crippen LogP) is 5.22. The maximum Gasteiger partial charge on any atom is 0.190 e. The molecule has 10 heteroatoms. The van der Waals surface area contributed by atoms with Crippen LogP contribution in [0, 0.1) is 0 Å². The van der Waals surface area contributed by atoms with Gasteiger partial charge in [-0.2, -0.15) is 0 Å². The molecule has 8 unspecified atom stereocenters. The topological polar surface area (TPSA) is 17.1 Å². The molecule has 0 radical (unpaired) electrons. The lowest BCUT2D eigenvalue weighted by atomic mass is 16.0. The zero-order valence-electron chi connectivity index (χ0n) is 4.96. The third-order valence-corrected chi connectivity index (χ3v) is 35.0. The Bertz CT molecular complexity index is 78.8. The average Bonchev–Trinajstić information content (AvgIpc) is 1.98. The van der Waals surface area contributed by atoms with E-state index in [2.05, 4.69) is 17.9 Å². The minimum absolute atomic E-state index is 0.0947. The Hall–Kier alpha value is 3.54. The summed E-state index contributed by atoms with van der Waals surface area (Å²) in [5.74, 6) is 0. The molecule has 1 nitrogen and oxygen atoms in total. The highest BCUT2D eigenvalue weighted by molar-refractivity contribution is 8.94. The zero-order chi connectivity index (χ0) is 7.82. The van der Waals surface area contributed by atoms with E-state index in [0.717, 1.165) is 39.8 Å². The molecule has 60 valence electrons. The first-order chi connectivity index (χ1) is 4.85. The van der Waals surface area contributed by atoms with Gasteiger partial charge in [-0.1, -0.05) is 39.8 Å². The van der Waals surface area contributed by atoms with Crippen LogP contribution in [0.25, 0.3) is 0 Å². The van der Waals surface area contributed by atoms with Crippen molar-refractivity contribution in [1.29, 1.82) is 0 Å². The molecule has 0 N–H and O–H groups in total. The zero-order valence-corrected chi connectivity index (χ0v) is 14.1. The summed E-state index contributed by atoms with van der Waals surface area (Å²) >= 11 is 0. The number of hydrogen-bond donors (Lipinski definition) is 0. The fourth-order valence-electron chi connectivity index (χ4n) is 0.215. The normalized spacial score (nSPS) is 19.8. The van der Waals surface area contributed by atoms with E-state index in [1.807, 2.05) is 0 Å². The summed E-state index contributed by atoms with van der Waals surface area (Å²) in [5, 5.41) is 0. The van der Waals surface area contributed by atoms with Crippen LogP contribution in [0.3, 0.4) is 0 Å². The minimum atomic E-state index is -0.0947. The second-order valence-electron chi connectivity index (χ2n) is 1.03. The average molecular weight is 304 g/mol. The smallest absolute Gasteiger partial charge is 0.190 e. The van der Waals surface area contributed by atoms with Crippen molar-refractivity contribution in [3.8, 4) is 0 Å². The van der Waals surface area contributed by atoms with E-state index in [0.29, 0.717) is 8.15 Å². The molecule has 0 heterocycles. The van der Waals surface area contributed by atoms with Gasteiger partial charge in [0.1, 0.15) is 0 Å². The fraction of sp³-hybridized carbons (Fsp3) is 0. The molecule has 0 saturated heterocycles. The van der Waals surface area contributed by atoms with Gasteiger partial charge in [0, 0.05) is 6.99 Å². The molecule has 0 aliphatic heterocycles. The molecule has 0 amide bonds. The van der Waals surface area contributed by atoms with E-state index in [-0.39, 0.29) is 6.99 Å². The van der Waals surface area contributed by atoms with Gasteiger partial charge in [0.15, 0.2) is 8.15 Å². The molecule has 0 aliphatic rings. The van der Waals surface area contributed by atoms with Crippen LogP contribution in [-0.4, -0.2) is 0 Å². The molecule has 8 atom stereocenters. The van der Waals surface area contributed by atoms with Crippen molar-refractivity contribution < 1.29 is 4.57 Å². The van der Waals surface area contributed by atoms with Crippen molar-refractivity contribution >= 4 is 72.8 Å². The Kier molecular flexibility index (Phi) is 14.4. The highest BCUT2D eigenvalue weighted by Crippen LogP contribution is 2.90.